The van der Waals surface area contributed by atoms with Gasteiger partial charge in [0.2, 0.25) is 0 Å². The zero-order valence-corrected chi connectivity index (χ0v) is 32.3. The molecule has 0 nitrogen and oxygen atoms in total. The fourth-order valence-electron chi connectivity index (χ4n) is 6.52. The van der Waals surface area contributed by atoms with E-state index < -0.39 is 8.07 Å². The summed E-state index contributed by atoms with van der Waals surface area (Å²) in [5.74, 6) is 0.450. The molecule has 0 heterocycles. The number of rotatable bonds is 11. The Kier molecular flexibility index (Phi) is 18.3. The number of aryl methyl sites for hydroxylation is 6. The molecule has 3 aromatic carbocycles. The molecule has 3 aromatic rings. The van der Waals surface area contributed by atoms with Gasteiger partial charge in [-0.25, -0.2) is 10.8 Å². The molecule has 0 unspecified atom stereocenters. The zero-order chi connectivity index (χ0) is 28.2. The van der Waals surface area contributed by atoms with Crippen molar-refractivity contribution in [2.24, 2.45) is 5.92 Å². The van der Waals surface area contributed by atoms with Gasteiger partial charge in [0, 0.05) is 0 Å². The van der Waals surface area contributed by atoms with Crippen LogP contribution in [0, 0.1) is 12.0 Å². The van der Waals surface area contributed by atoms with Crippen LogP contribution in [-0.4, -0.2) is 8.07 Å². The molecule has 0 bridgehead atoms. The maximum Gasteiger partial charge on any atom is 4.00 e. The van der Waals surface area contributed by atoms with Crippen molar-refractivity contribution >= 4 is 23.6 Å². The summed E-state index contributed by atoms with van der Waals surface area (Å²) >= 11 is 0. The van der Waals surface area contributed by atoms with Crippen LogP contribution in [0.5, 0.6) is 0 Å². The Balaban J connectivity index is 0.00000441. The Morgan fingerprint density at radius 1 is 0.535 bits per heavy atom. The largest absolute Gasteiger partial charge is 4.00 e. The summed E-state index contributed by atoms with van der Waals surface area (Å²) in [6.07, 6.45) is 13.5. The van der Waals surface area contributed by atoms with E-state index in [1.54, 1.807) is 20.8 Å². The molecule has 230 valence electrons. The molecule has 4 rings (SSSR count). The van der Waals surface area contributed by atoms with Gasteiger partial charge in [0.15, 0.2) is 0 Å². The van der Waals surface area contributed by atoms with Crippen molar-refractivity contribution in [2.75, 3.05) is 0 Å². The summed E-state index contributed by atoms with van der Waals surface area (Å²) in [6.45, 7) is 18.6. The van der Waals surface area contributed by atoms with Crippen molar-refractivity contribution in [3.63, 3.8) is 0 Å². The van der Waals surface area contributed by atoms with Gasteiger partial charge in [0.25, 0.3) is 0 Å². The van der Waals surface area contributed by atoms with Crippen molar-refractivity contribution in [3.8, 4) is 0 Å². The SMILES string of the molecule is CCc1cc(CC)cc([Si](C2=C(C(C)C)[C-]=CC2)(c2cc(CC)cc(CC)c2)c2cc(CC)cc(CC)c2)c1.[Cl-].[Cl-].[Cl-].[Ti+4]. The molecule has 0 aliphatic heterocycles. The van der Waals surface area contributed by atoms with Crippen molar-refractivity contribution in [1.82, 2.24) is 0 Å². The smallest absolute Gasteiger partial charge is 1.00 e. The second kappa shape index (κ2) is 18.8. The first-order valence-electron chi connectivity index (χ1n) is 15.6. The Hall–Kier alpha value is -1.06. The van der Waals surface area contributed by atoms with E-state index in [-0.39, 0.29) is 58.9 Å². The molecule has 1 aliphatic carbocycles. The van der Waals surface area contributed by atoms with E-state index in [0.717, 1.165) is 44.9 Å². The average molecular weight is 688 g/mol. The van der Waals surface area contributed by atoms with Gasteiger partial charge in [-0.05, 0) is 71.9 Å². The molecule has 0 saturated heterocycles. The van der Waals surface area contributed by atoms with Gasteiger partial charge < -0.3 is 37.2 Å². The number of allylic oxidation sites excluding steroid dienone is 4. The van der Waals surface area contributed by atoms with Crippen molar-refractivity contribution in [1.29, 1.82) is 0 Å². The Morgan fingerprint density at radius 3 is 1.05 bits per heavy atom. The average Bonchev–Trinajstić information content (AvgIpc) is 3.47. The van der Waals surface area contributed by atoms with E-state index in [4.69, 9.17) is 0 Å². The predicted molar refractivity (Wildman–Crippen MR) is 175 cm³/mol. The maximum absolute atomic E-state index is 3.78. The van der Waals surface area contributed by atoms with Crippen LogP contribution in [0.15, 0.2) is 71.4 Å². The number of hydrogen-bond acceptors (Lipinski definition) is 0. The second-order valence-corrected chi connectivity index (χ2v) is 15.4. The van der Waals surface area contributed by atoms with Gasteiger partial charge in [-0.15, -0.1) is 0 Å². The Labute approximate surface area is 297 Å². The zero-order valence-electron chi connectivity index (χ0n) is 27.4. The molecule has 43 heavy (non-hydrogen) atoms. The molecule has 0 saturated carbocycles. The summed E-state index contributed by atoms with van der Waals surface area (Å²) in [7, 11) is -2.62. The fourth-order valence-corrected chi connectivity index (χ4v) is 12.1. The van der Waals surface area contributed by atoms with Gasteiger partial charge in [-0.2, -0.15) is 6.08 Å². The molecule has 0 atom stereocenters. The van der Waals surface area contributed by atoms with Crippen LogP contribution < -0.4 is 52.8 Å². The van der Waals surface area contributed by atoms with Crippen LogP contribution in [0.2, 0.25) is 0 Å². The summed E-state index contributed by atoms with van der Waals surface area (Å²) < 4.78 is 0. The third-order valence-corrected chi connectivity index (χ3v) is 13.7. The first kappa shape index (κ1) is 41.9. The quantitative estimate of drug-likeness (QED) is 0.135. The molecule has 0 N–H and O–H groups in total. The Morgan fingerprint density at radius 2 is 0.814 bits per heavy atom. The van der Waals surface area contributed by atoms with Crippen LogP contribution >= 0.6 is 0 Å². The minimum atomic E-state index is -2.62. The van der Waals surface area contributed by atoms with E-state index in [9.17, 15) is 0 Å². The third kappa shape index (κ3) is 8.60. The van der Waals surface area contributed by atoms with E-state index in [2.05, 4.69) is 122 Å². The monoisotopic (exact) mass is 686 g/mol. The minimum absolute atomic E-state index is 0. The summed E-state index contributed by atoms with van der Waals surface area (Å²) in [5, 5.41) is 6.34. The number of hydrogen-bond donors (Lipinski definition) is 0. The standard InChI is InChI=1S/C38H49Si.3ClH.Ti/c1-9-28-18-29(10-2)22-34(21-28)39(38-17-15-16-37(38)27(7)8,35-23-30(11-3)19-31(12-4)24-35)36-25-32(13-5)20-33(14-6)26-36;;;;/h15,18-27H,9-14,17H2,1-8H3;3*1H;/q-1;;;;+4/p-3. The number of benzene rings is 3. The third-order valence-electron chi connectivity index (χ3n) is 8.83. The summed E-state index contributed by atoms with van der Waals surface area (Å²) in [4.78, 5) is 0. The van der Waals surface area contributed by atoms with E-state index in [0.29, 0.717) is 5.92 Å². The van der Waals surface area contributed by atoms with Crippen LogP contribution in [0.4, 0.5) is 0 Å². The summed E-state index contributed by atoms with van der Waals surface area (Å²) in [6, 6.07) is 22.8. The fraction of sp³-hybridized carbons (Fsp3) is 0.421. The molecular weight excluding hydrogens is 639 g/mol. The normalized spacial score (nSPS) is 12.4. The van der Waals surface area contributed by atoms with Gasteiger partial charge in [-0.1, -0.05) is 138 Å². The topological polar surface area (TPSA) is 0 Å². The second-order valence-electron chi connectivity index (χ2n) is 11.6. The minimum Gasteiger partial charge on any atom is -1.00 e. The first-order chi connectivity index (χ1) is 18.8. The van der Waals surface area contributed by atoms with Gasteiger partial charge in [0.05, 0.1) is 8.07 Å². The van der Waals surface area contributed by atoms with E-state index in [1.807, 2.05) is 0 Å². The summed E-state index contributed by atoms with van der Waals surface area (Å²) in [5.41, 5.74) is 10.2. The van der Waals surface area contributed by atoms with Crippen LogP contribution in [-0.2, 0) is 60.2 Å². The molecular formula is C38H49Cl3SiTi. The predicted octanol–water partition coefficient (Wildman–Crippen LogP) is -1.20. The Bertz CT molecular complexity index is 1190. The maximum atomic E-state index is 3.78. The molecule has 0 fully saturated rings. The van der Waals surface area contributed by atoms with Crippen molar-refractivity contribution < 1.29 is 58.9 Å². The van der Waals surface area contributed by atoms with Gasteiger partial charge >= 0.3 is 21.7 Å². The molecule has 5 heteroatoms. The van der Waals surface area contributed by atoms with Crippen LogP contribution in [0.3, 0.4) is 0 Å². The van der Waals surface area contributed by atoms with E-state index >= 15 is 0 Å². The van der Waals surface area contributed by atoms with Crippen molar-refractivity contribution in [2.45, 2.75) is 100 Å². The van der Waals surface area contributed by atoms with Crippen LogP contribution in [0.1, 0.15) is 95.2 Å². The first-order valence-corrected chi connectivity index (χ1v) is 17.6. The van der Waals surface area contributed by atoms with Crippen LogP contribution in [0.25, 0.3) is 0 Å². The molecule has 0 amide bonds. The van der Waals surface area contributed by atoms with E-state index in [1.165, 1.54) is 39.0 Å². The van der Waals surface area contributed by atoms with Crippen molar-refractivity contribution in [3.05, 3.63) is 111 Å². The molecule has 0 radical (unpaired) electrons. The number of halogens is 3. The van der Waals surface area contributed by atoms with Gasteiger partial charge in [0.1, 0.15) is 0 Å². The molecule has 0 aromatic heterocycles. The molecule has 1 aliphatic rings. The molecule has 0 spiro atoms. The van der Waals surface area contributed by atoms with Gasteiger partial charge in [-0.3, -0.25) is 6.08 Å².